The SMILES string of the molecule is NC(N)=NC(N)=Nc1cc(Br)cc(OC(F)F)c1. The molecular formula is C9H10BrF2N5O. The first-order valence-corrected chi connectivity index (χ1v) is 5.35. The summed E-state index contributed by atoms with van der Waals surface area (Å²) >= 11 is 3.12. The molecule has 6 nitrogen and oxygen atoms in total. The molecule has 0 aliphatic rings. The van der Waals surface area contributed by atoms with Gasteiger partial charge in [0, 0.05) is 10.5 Å². The van der Waals surface area contributed by atoms with Crippen LogP contribution >= 0.6 is 15.9 Å². The van der Waals surface area contributed by atoms with Gasteiger partial charge in [0.1, 0.15) is 5.75 Å². The van der Waals surface area contributed by atoms with Crippen molar-refractivity contribution in [2.75, 3.05) is 0 Å². The second-order valence-corrected chi connectivity index (χ2v) is 3.95. The molecule has 1 aromatic carbocycles. The predicted octanol–water partition coefficient (Wildman–Crippen LogP) is 1.27. The number of ether oxygens (including phenoxy) is 1. The van der Waals surface area contributed by atoms with Crippen LogP contribution < -0.4 is 21.9 Å². The first kappa shape index (κ1) is 14.2. The summed E-state index contributed by atoms with van der Waals surface area (Å²) in [7, 11) is 0. The Kier molecular flexibility index (Phi) is 4.84. The van der Waals surface area contributed by atoms with Crippen molar-refractivity contribution in [2.45, 2.75) is 6.61 Å². The number of hydrogen-bond donors (Lipinski definition) is 3. The second-order valence-electron chi connectivity index (χ2n) is 3.03. The highest BCUT2D eigenvalue weighted by Gasteiger charge is 2.06. The number of halogens is 3. The lowest BCUT2D eigenvalue weighted by atomic mass is 10.3. The van der Waals surface area contributed by atoms with Crippen molar-refractivity contribution in [3.63, 3.8) is 0 Å². The normalized spacial score (nSPS) is 11.4. The van der Waals surface area contributed by atoms with Gasteiger partial charge in [-0.2, -0.15) is 13.8 Å². The Morgan fingerprint density at radius 2 is 1.89 bits per heavy atom. The zero-order chi connectivity index (χ0) is 13.7. The van der Waals surface area contributed by atoms with Crippen molar-refractivity contribution in [1.29, 1.82) is 0 Å². The van der Waals surface area contributed by atoms with Crippen LogP contribution in [0.3, 0.4) is 0 Å². The summed E-state index contributed by atoms with van der Waals surface area (Å²) < 4.78 is 28.9. The van der Waals surface area contributed by atoms with Crippen molar-refractivity contribution in [1.82, 2.24) is 0 Å². The Morgan fingerprint density at radius 3 is 2.44 bits per heavy atom. The molecule has 0 spiro atoms. The maximum Gasteiger partial charge on any atom is 0.387 e. The first-order chi connectivity index (χ1) is 8.36. The van der Waals surface area contributed by atoms with E-state index in [4.69, 9.17) is 17.2 Å². The maximum atomic E-state index is 12.1. The van der Waals surface area contributed by atoms with E-state index in [1.54, 1.807) is 0 Å². The van der Waals surface area contributed by atoms with Gasteiger partial charge >= 0.3 is 6.61 Å². The van der Waals surface area contributed by atoms with Gasteiger partial charge in [0.15, 0.2) is 5.96 Å². The molecule has 0 aromatic heterocycles. The molecule has 0 amide bonds. The quantitative estimate of drug-likeness (QED) is 0.574. The molecule has 0 aliphatic heterocycles. The minimum Gasteiger partial charge on any atom is -0.435 e. The molecular weight excluding hydrogens is 312 g/mol. The van der Waals surface area contributed by atoms with E-state index in [9.17, 15) is 8.78 Å². The van der Waals surface area contributed by atoms with Crippen LogP contribution in [-0.2, 0) is 0 Å². The molecule has 0 fully saturated rings. The highest BCUT2D eigenvalue weighted by atomic mass is 79.9. The van der Waals surface area contributed by atoms with Crippen molar-refractivity contribution in [3.05, 3.63) is 22.7 Å². The average Bonchev–Trinajstić information content (AvgIpc) is 2.12. The molecule has 0 atom stereocenters. The smallest absolute Gasteiger partial charge is 0.387 e. The van der Waals surface area contributed by atoms with Crippen molar-refractivity contribution < 1.29 is 13.5 Å². The minimum atomic E-state index is -2.92. The predicted molar refractivity (Wildman–Crippen MR) is 67.9 cm³/mol. The van der Waals surface area contributed by atoms with Crippen LogP contribution in [0.1, 0.15) is 0 Å². The Balaban J connectivity index is 3.03. The topological polar surface area (TPSA) is 112 Å². The van der Waals surface area contributed by atoms with Crippen LogP contribution in [0, 0.1) is 0 Å². The molecule has 0 saturated carbocycles. The standard InChI is InChI=1S/C9H10BrF2N5O/c10-4-1-5(16-9(15)17-8(13)14)3-6(2-4)18-7(11)12/h1-3,7H,(H6,13,14,15,16,17). The third-order valence-electron chi connectivity index (χ3n) is 1.57. The third-order valence-corrected chi connectivity index (χ3v) is 2.03. The van der Waals surface area contributed by atoms with Crippen LogP contribution in [0.15, 0.2) is 32.7 Å². The van der Waals surface area contributed by atoms with Gasteiger partial charge < -0.3 is 21.9 Å². The van der Waals surface area contributed by atoms with Crippen molar-refractivity contribution in [3.8, 4) is 5.75 Å². The van der Waals surface area contributed by atoms with Crippen molar-refractivity contribution in [2.24, 2.45) is 27.2 Å². The second kappa shape index (κ2) is 6.15. The molecule has 0 aliphatic carbocycles. The Hall–Kier alpha value is -1.90. The largest absolute Gasteiger partial charge is 0.435 e. The number of benzene rings is 1. The fourth-order valence-corrected chi connectivity index (χ4v) is 1.53. The van der Waals surface area contributed by atoms with Crippen LogP contribution in [0.5, 0.6) is 5.75 Å². The Bertz CT molecular complexity index is 488. The molecule has 0 bridgehead atoms. The summed E-state index contributed by atoms with van der Waals surface area (Å²) in [6, 6.07) is 4.17. The average molecular weight is 322 g/mol. The van der Waals surface area contributed by atoms with E-state index in [2.05, 4.69) is 30.7 Å². The zero-order valence-electron chi connectivity index (χ0n) is 8.98. The van der Waals surface area contributed by atoms with E-state index in [1.807, 2.05) is 0 Å². The molecule has 1 rings (SSSR count). The van der Waals surface area contributed by atoms with Gasteiger partial charge in [0.05, 0.1) is 5.69 Å². The number of rotatable bonds is 3. The molecule has 18 heavy (non-hydrogen) atoms. The summed E-state index contributed by atoms with van der Waals surface area (Å²) in [6.07, 6.45) is 0. The van der Waals surface area contributed by atoms with E-state index in [0.717, 1.165) is 0 Å². The number of aliphatic imine (C=N–C) groups is 2. The van der Waals surface area contributed by atoms with Crippen LogP contribution in [-0.4, -0.2) is 18.5 Å². The van der Waals surface area contributed by atoms with Gasteiger partial charge in [0.25, 0.3) is 0 Å². The summed E-state index contributed by atoms with van der Waals surface area (Å²) in [4.78, 5) is 7.31. The van der Waals surface area contributed by atoms with Crippen LogP contribution in [0.2, 0.25) is 0 Å². The molecule has 6 N–H and O–H groups in total. The monoisotopic (exact) mass is 321 g/mol. The van der Waals surface area contributed by atoms with E-state index in [-0.39, 0.29) is 23.4 Å². The summed E-state index contributed by atoms with van der Waals surface area (Å²) in [5.41, 5.74) is 15.9. The number of nitrogens with two attached hydrogens (primary N) is 3. The Labute approximate surface area is 110 Å². The molecule has 98 valence electrons. The zero-order valence-corrected chi connectivity index (χ0v) is 10.6. The lowest BCUT2D eigenvalue weighted by molar-refractivity contribution is -0.0498. The van der Waals surface area contributed by atoms with E-state index in [0.29, 0.717) is 4.47 Å². The van der Waals surface area contributed by atoms with Gasteiger partial charge in [-0.1, -0.05) is 15.9 Å². The number of nitrogens with zero attached hydrogens (tertiary/aromatic N) is 2. The van der Waals surface area contributed by atoms with Gasteiger partial charge in [-0.3, -0.25) is 0 Å². The lowest BCUT2D eigenvalue weighted by Gasteiger charge is -2.06. The van der Waals surface area contributed by atoms with E-state index in [1.165, 1.54) is 18.2 Å². The maximum absolute atomic E-state index is 12.1. The molecule has 0 radical (unpaired) electrons. The molecule has 9 heteroatoms. The highest BCUT2D eigenvalue weighted by Crippen LogP contribution is 2.27. The van der Waals surface area contributed by atoms with Crippen LogP contribution in [0.25, 0.3) is 0 Å². The fourth-order valence-electron chi connectivity index (χ4n) is 1.07. The summed E-state index contributed by atoms with van der Waals surface area (Å²) in [5, 5.41) is 0. The molecule has 0 heterocycles. The van der Waals surface area contributed by atoms with Gasteiger partial charge in [-0.15, -0.1) is 0 Å². The van der Waals surface area contributed by atoms with Gasteiger partial charge in [-0.25, -0.2) is 4.99 Å². The van der Waals surface area contributed by atoms with Crippen LogP contribution in [0.4, 0.5) is 14.5 Å². The van der Waals surface area contributed by atoms with Gasteiger partial charge in [-0.05, 0) is 12.1 Å². The Morgan fingerprint density at radius 1 is 1.22 bits per heavy atom. The van der Waals surface area contributed by atoms with E-state index >= 15 is 0 Å². The minimum absolute atomic E-state index is 0.0596. The molecule has 1 aromatic rings. The summed E-state index contributed by atoms with van der Waals surface area (Å²) in [5.74, 6) is -0.512. The third kappa shape index (κ3) is 4.95. The summed E-state index contributed by atoms with van der Waals surface area (Å²) in [6.45, 7) is -2.92. The number of alkyl halides is 2. The van der Waals surface area contributed by atoms with Gasteiger partial charge in [0.2, 0.25) is 5.96 Å². The van der Waals surface area contributed by atoms with Crippen molar-refractivity contribution >= 4 is 33.5 Å². The first-order valence-electron chi connectivity index (χ1n) is 4.56. The number of hydrogen-bond acceptors (Lipinski definition) is 2. The molecule has 0 unspecified atom stereocenters. The lowest BCUT2D eigenvalue weighted by Crippen LogP contribution is -2.26. The fraction of sp³-hybridized carbons (Fsp3) is 0.111. The van der Waals surface area contributed by atoms with E-state index < -0.39 is 6.61 Å². The molecule has 0 saturated heterocycles. The number of guanidine groups is 2. The highest BCUT2D eigenvalue weighted by molar-refractivity contribution is 9.10.